The number of nitrogen functional groups attached to an aromatic ring is 1. The van der Waals surface area contributed by atoms with Crippen molar-refractivity contribution in [2.24, 2.45) is 0 Å². The van der Waals surface area contributed by atoms with Gasteiger partial charge in [0, 0.05) is 11.8 Å². The highest BCUT2D eigenvalue weighted by Gasteiger charge is 1.98. The molecule has 3 heteroatoms. The molecule has 2 N–H and O–H groups in total. The minimum Gasteiger partial charge on any atom is -0.494 e. The van der Waals surface area contributed by atoms with Crippen molar-refractivity contribution >= 4 is 5.69 Å². The molecule has 0 heterocycles. The first kappa shape index (κ1) is 14.3. The average molecular weight is 271 g/mol. The van der Waals surface area contributed by atoms with E-state index in [0.29, 0.717) is 13.2 Å². The van der Waals surface area contributed by atoms with Gasteiger partial charge >= 0.3 is 0 Å². The maximum absolute atomic E-state index is 5.73. The molecular weight excluding hydrogens is 250 g/mol. The zero-order chi connectivity index (χ0) is 14.2. The third-order valence-electron chi connectivity index (χ3n) is 2.97. The number of anilines is 1. The zero-order valence-electron chi connectivity index (χ0n) is 11.8. The standard InChI is InChI=1S/C17H21NO2/c1-2-19-16-6-3-7-17(13-16)20-12-4-5-14-8-10-15(18)11-9-14/h3,6-11,13H,2,4-5,12,18H2,1H3. The molecule has 0 unspecified atom stereocenters. The van der Waals surface area contributed by atoms with Crippen molar-refractivity contribution in [3.63, 3.8) is 0 Å². The van der Waals surface area contributed by atoms with E-state index in [2.05, 4.69) is 12.1 Å². The summed E-state index contributed by atoms with van der Waals surface area (Å²) in [6, 6.07) is 15.7. The number of rotatable bonds is 7. The smallest absolute Gasteiger partial charge is 0.122 e. The Kier molecular flexibility index (Phi) is 5.30. The van der Waals surface area contributed by atoms with Crippen molar-refractivity contribution in [1.29, 1.82) is 0 Å². The van der Waals surface area contributed by atoms with Crippen LogP contribution in [0.3, 0.4) is 0 Å². The molecule has 0 aromatic heterocycles. The Bertz CT molecular complexity index is 523. The molecule has 0 spiro atoms. The third-order valence-corrected chi connectivity index (χ3v) is 2.97. The van der Waals surface area contributed by atoms with E-state index < -0.39 is 0 Å². The molecule has 0 bridgehead atoms. The van der Waals surface area contributed by atoms with Gasteiger partial charge in [0.15, 0.2) is 0 Å². The van der Waals surface area contributed by atoms with E-state index >= 15 is 0 Å². The van der Waals surface area contributed by atoms with Crippen LogP contribution in [0, 0.1) is 0 Å². The minimum absolute atomic E-state index is 0.667. The van der Waals surface area contributed by atoms with Crippen LogP contribution in [0.2, 0.25) is 0 Å². The van der Waals surface area contributed by atoms with E-state index in [-0.39, 0.29) is 0 Å². The van der Waals surface area contributed by atoms with E-state index in [1.54, 1.807) is 0 Å². The second kappa shape index (κ2) is 7.43. The van der Waals surface area contributed by atoms with E-state index in [0.717, 1.165) is 30.0 Å². The Morgan fingerprint density at radius 3 is 2.35 bits per heavy atom. The largest absolute Gasteiger partial charge is 0.494 e. The molecule has 0 aliphatic rings. The number of aryl methyl sites for hydroxylation is 1. The van der Waals surface area contributed by atoms with Gasteiger partial charge in [0.2, 0.25) is 0 Å². The van der Waals surface area contributed by atoms with Gasteiger partial charge in [-0.05, 0) is 49.6 Å². The highest BCUT2D eigenvalue weighted by atomic mass is 16.5. The molecule has 106 valence electrons. The molecule has 2 aromatic carbocycles. The molecule has 2 aromatic rings. The van der Waals surface area contributed by atoms with Crippen LogP contribution in [0.25, 0.3) is 0 Å². The number of hydrogen-bond acceptors (Lipinski definition) is 3. The molecule has 0 amide bonds. The van der Waals surface area contributed by atoms with Crippen molar-refractivity contribution in [2.45, 2.75) is 19.8 Å². The SMILES string of the molecule is CCOc1cccc(OCCCc2ccc(N)cc2)c1. The maximum Gasteiger partial charge on any atom is 0.122 e. The Labute approximate surface area is 120 Å². The summed E-state index contributed by atoms with van der Waals surface area (Å²) < 4.78 is 11.2. The summed E-state index contributed by atoms with van der Waals surface area (Å²) in [6.45, 7) is 3.33. The predicted octanol–water partition coefficient (Wildman–Crippen LogP) is 3.68. The van der Waals surface area contributed by atoms with Crippen LogP contribution in [0.15, 0.2) is 48.5 Å². The van der Waals surface area contributed by atoms with Crippen LogP contribution in [0.1, 0.15) is 18.9 Å². The summed E-state index contributed by atoms with van der Waals surface area (Å²) in [5.41, 5.74) is 7.75. The van der Waals surface area contributed by atoms with E-state index in [1.165, 1.54) is 5.56 Å². The van der Waals surface area contributed by atoms with Crippen molar-refractivity contribution in [2.75, 3.05) is 18.9 Å². The molecule has 20 heavy (non-hydrogen) atoms. The van der Waals surface area contributed by atoms with E-state index in [1.807, 2.05) is 43.3 Å². The summed E-state index contributed by atoms with van der Waals surface area (Å²) >= 11 is 0. The number of benzene rings is 2. The van der Waals surface area contributed by atoms with Gasteiger partial charge in [-0.3, -0.25) is 0 Å². The van der Waals surface area contributed by atoms with Crippen molar-refractivity contribution in [1.82, 2.24) is 0 Å². The van der Waals surface area contributed by atoms with Crippen LogP contribution in [-0.4, -0.2) is 13.2 Å². The summed E-state index contributed by atoms with van der Waals surface area (Å²) in [7, 11) is 0. The quantitative estimate of drug-likeness (QED) is 0.617. The van der Waals surface area contributed by atoms with Crippen molar-refractivity contribution in [3.05, 3.63) is 54.1 Å². The van der Waals surface area contributed by atoms with Crippen LogP contribution in [0.5, 0.6) is 11.5 Å². The first-order chi connectivity index (χ1) is 9.78. The van der Waals surface area contributed by atoms with E-state index in [9.17, 15) is 0 Å². The minimum atomic E-state index is 0.667. The molecular formula is C17H21NO2. The Morgan fingerprint density at radius 2 is 1.65 bits per heavy atom. The van der Waals surface area contributed by atoms with E-state index in [4.69, 9.17) is 15.2 Å². The molecule has 2 rings (SSSR count). The monoisotopic (exact) mass is 271 g/mol. The predicted molar refractivity (Wildman–Crippen MR) is 82.3 cm³/mol. The summed E-state index contributed by atoms with van der Waals surface area (Å²) in [6.07, 6.45) is 1.97. The van der Waals surface area contributed by atoms with Gasteiger partial charge < -0.3 is 15.2 Å². The molecule has 0 saturated heterocycles. The van der Waals surface area contributed by atoms with Gasteiger partial charge in [0.1, 0.15) is 11.5 Å². The van der Waals surface area contributed by atoms with Crippen LogP contribution in [-0.2, 0) is 6.42 Å². The lowest BCUT2D eigenvalue weighted by atomic mass is 10.1. The normalized spacial score (nSPS) is 10.2. The fourth-order valence-corrected chi connectivity index (χ4v) is 1.97. The molecule has 0 fully saturated rings. The molecule has 0 radical (unpaired) electrons. The van der Waals surface area contributed by atoms with Crippen molar-refractivity contribution in [3.8, 4) is 11.5 Å². The number of hydrogen-bond donors (Lipinski definition) is 1. The third kappa shape index (κ3) is 4.50. The molecule has 3 nitrogen and oxygen atoms in total. The highest BCUT2D eigenvalue weighted by Crippen LogP contribution is 2.19. The highest BCUT2D eigenvalue weighted by molar-refractivity contribution is 5.39. The topological polar surface area (TPSA) is 44.5 Å². The van der Waals surface area contributed by atoms with Gasteiger partial charge in [-0.25, -0.2) is 0 Å². The summed E-state index contributed by atoms with van der Waals surface area (Å²) in [5.74, 6) is 1.71. The molecule has 0 aliphatic carbocycles. The fraction of sp³-hybridized carbons (Fsp3) is 0.294. The van der Waals surface area contributed by atoms with Gasteiger partial charge in [-0.15, -0.1) is 0 Å². The fourth-order valence-electron chi connectivity index (χ4n) is 1.97. The number of nitrogens with two attached hydrogens (primary N) is 1. The van der Waals surface area contributed by atoms with Gasteiger partial charge in [0.25, 0.3) is 0 Å². The van der Waals surface area contributed by atoms with Gasteiger partial charge in [-0.1, -0.05) is 18.2 Å². The summed E-state index contributed by atoms with van der Waals surface area (Å²) in [4.78, 5) is 0. The second-order valence-electron chi connectivity index (χ2n) is 4.60. The number of ether oxygens (including phenoxy) is 2. The summed E-state index contributed by atoms with van der Waals surface area (Å²) in [5, 5.41) is 0. The Balaban J connectivity index is 1.75. The first-order valence-electron chi connectivity index (χ1n) is 6.98. The Hall–Kier alpha value is -2.16. The second-order valence-corrected chi connectivity index (χ2v) is 4.60. The molecule has 0 aliphatic heterocycles. The lowest BCUT2D eigenvalue weighted by molar-refractivity contribution is 0.304. The van der Waals surface area contributed by atoms with Gasteiger partial charge in [-0.2, -0.15) is 0 Å². The van der Waals surface area contributed by atoms with Crippen LogP contribution in [0.4, 0.5) is 5.69 Å². The lowest BCUT2D eigenvalue weighted by Gasteiger charge is -2.08. The van der Waals surface area contributed by atoms with Crippen LogP contribution >= 0.6 is 0 Å². The average Bonchev–Trinajstić information content (AvgIpc) is 2.46. The first-order valence-corrected chi connectivity index (χ1v) is 6.98. The molecule has 0 atom stereocenters. The maximum atomic E-state index is 5.73. The van der Waals surface area contributed by atoms with Crippen molar-refractivity contribution < 1.29 is 9.47 Å². The zero-order valence-corrected chi connectivity index (χ0v) is 11.8. The lowest BCUT2D eigenvalue weighted by Crippen LogP contribution is -2.00. The van der Waals surface area contributed by atoms with Gasteiger partial charge in [0.05, 0.1) is 13.2 Å². The molecule has 0 saturated carbocycles. The Morgan fingerprint density at radius 1 is 0.950 bits per heavy atom. The van der Waals surface area contributed by atoms with Crippen LogP contribution < -0.4 is 15.2 Å².